The summed E-state index contributed by atoms with van der Waals surface area (Å²) < 4.78 is 50.5. The number of halogens is 4. The van der Waals surface area contributed by atoms with Gasteiger partial charge in [-0.15, -0.1) is 0 Å². The molecule has 0 fully saturated rings. The van der Waals surface area contributed by atoms with Gasteiger partial charge in [0, 0.05) is 12.1 Å². The minimum atomic E-state index is -4.87. The lowest BCUT2D eigenvalue weighted by Crippen LogP contribution is -2.61. The van der Waals surface area contributed by atoms with E-state index in [2.05, 4.69) is 0 Å². The molecule has 0 saturated carbocycles. The molecule has 100 valence electrons. The van der Waals surface area contributed by atoms with Crippen LogP contribution >= 0.6 is 0 Å². The zero-order chi connectivity index (χ0) is 14.0. The minimum absolute atomic E-state index is 0.0869. The lowest BCUT2D eigenvalue weighted by Gasteiger charge is -2.26. The molecule has 1 rings (SSSR count). The van der Waals surface area contributed by atoms with Gasteiger partial charge >= 0.3 is 6.18 Å². The molecule has 1 amide bonds. The van der Waals surface area contributed by atoms with Gasteiger partial charge in [0.05, 0.1) is 0 Å². The summed E-state index contributed by atoms with van der Waals surface area (Å²) in [5.74, 6) is -2.01. The van der Waals surface area contributed by atoms with Crippen molar-refractivity contribution in [2.24, 2.45) is 5.73 Å². The number of hydrogen-bond acceptors (Lipinski definition) is 2. The van der Waals surface area contributed by atoms with Crippen molar-refractivity contribution >= 4 is 5.91 Å². The Hall–Kier alpha value is -1.63. The second kappa shape index (κ2) is 4.93. The molecule has 0 heterocycles. The summed E-state index contributed by atoms with van der Waals surface area (Å²) in [6, 6.07) is 5.45. The van der Waals surface area contributed by atoms with Gasteiger partial charge in [-0.05, 0) is 13.0 Å². The molecule has 0 saturated heterocycles. The molecule has 0 spiro atoms. The van der Waals surface area contributed by atoms with Crippen molar-refractivity contribution in [1.82, 2.24) is 5.32 Å². The van der Waals surface area contributed by atoms with E-state index in [0.717, 1.165) is 6.07 Å². The number of rotatable bonds is 3. The van der Waals surface area contributed by atoms with Crippen molar-refractivity contribution in [3.8, 4) is 0 Å². The van der Waals surface area contributed by atoms with Crippen molar-refractivity contribution < 1.29 is 22.4 Å². The van der Waals surface area contributed by atoms with Gasteiger partial charge in [-0.25, -0.2) is 4.39 Å². The van der Waals surface area contributed by atoms with Crippen LogP contribution < -0.4 is 11.1 Å². The van der Waals surface area contributed by atoms with Crippen molar-refractivity contribution in [3.63, 3.8) is 0 Å². The molecule has 0 aliphatic carbocycles. The Bertz CT molecular complexity index is 443. The average Bonchev–Trinajstić information content (AvgIpc) is 2.26. The maximum Gasteiger partial charge on any atom is 0.415 e. The van der Waals surface area contributed by atoms with E-state index in [1.54, 1.807) is 0 Å². The number of carbonyl (C=O) groups is 1. The maximum atomic E-state index is 13.2. The first-order valence-corrected chi connectivity index (χ1v) is 5.03. The fraction of sp³-hybridized carbons (Fsp3) is 0.364. The third kappa shape index (κ3) is 2.98. The van der Waals surface area contributed by atoms with Gasteiger partial charge in [0.15, 0.2) is 5.54 Å². The van der Waals surface area contributed by atoms with Gasteiger partial charge in [0.25, 0.3) is 0 Å². The Morgan fingerprint density at radius 2 is 1.89 bits per heavy atom. The summed E-state index contributed by atoms with van der Waals surface area (Å²) in [5, 5.41) is 1.96. The Kier molecular flexibility index (Phi) is 3.95. The van der Waals surface area contributed by atoms with Crippen LogP contribution in [0.15, 0.2) is 24.3 Å². The first-order chi connectivity index (χ1) is 8.16. The quantitative estimate of drug-likeness (QED) is 0.817. The molecule has 1 unspecified atom stereocenters. The molecule has 0 aliphatic rings. The molecule has 1 aromatic rings. The summed E-state index contributed by atoms with van der Waals surface area (Å²) in [4.78, 5) is 11.3. The normalized spacial score (nSPS) is 15.0. The van der Waals surface area contributed by atoms with E-state index >= 15 is 0 Å². The van der Waals surface area contributed by atoms with Crippen LogP contribution in [0.3, 0.4) is 0 Å². The summed E-state index contributed by atoms with van der Waals surface area (Å²) in [7, 11) is 0. The molecular weight excluding hydrogens is 252 g/mol. The zero-order valence-corrected chi connectivity index (χ0v) is 9.51. The van der Waals surface area contributed by atoms with Gasteiger partial charge in [-0.3, -0.25) is 4.79 Å². The SMILES string of the molecule is CC(N)(C(=O)NCc1ccccc1F)C(F)(F)F. The molecular formula is C11H12F4N2O. The first kappa shape index (κ1) is 14.4. The molecule has 1 aromatic carbocycles. The summed E-state index contributed by atoms with van der Waals surface area (Å²) in [5.41, 5.74) is 1.99. The topological polar surface area (TPSA) is 55.1 Å². The van der Waals surface area contributed by atoms with E-state index in [1.165, 1.54) is 18.2 Å². The molecule has 7 heteroatoms. The van der Waals surface area contributed by atoms with Crippen molar-refractivity contribution in [1.29, 1.82) is 0 Å². The lowest BCUT2D eigenvalue weighted by atomic mass is 10.0. The standard InChI is InChI=1S/C11H12F4N2O/c1-10(16,11(13,14)15)9(18)17-6-7-4-2-3-5-8(7)12/h2-5H,6,16H2,1H3,(H,17,18). The molecule has 0 aliphatic heterocycles. The minimum Gasteiger partial charge on any atom is -0.350 e. The highest BCUT2D eigenvalue weighted by Gasteiger charge is 2.53. The fourth-order valence-electron chi connectivity index (χ4n) is 1.13. The molecule has 3 N–H and O–H groups in total. The number of carbonyl (C=O) groups excluding carboxylic acids is 1. The smallest absolute Gasteiger partial charge is 0.350 e. The molecule has 1 atom stereocenters. The largest absolute Gasteiger partial charge is 0.415 e. The van der Waals surface area contributed by atoms with E-state index in [1.807, 2.05) is 5.32 Å². The van der Waals surface area contributed by atoms with Crippen LogP contribution in [0, 0.1) is 5.82 Å². The van der Waals surface area contributed by atoms with Crippen molar-refractivity contribution in [3.05, 3.63) is 35.6 Å². The molecule has 3 nitrogen and oxygen atoms in total. The number of amides is 1. The monoisotopic (exact) mass is 264 g/mol. The van der Waals surface area contributed by atoms with Crippen molar-refractivity contribution in [2.45, 2.75) is 25.2 Å². The van der Waals surface area contributed by atoms with Gasteiger partial charge in [-0.2, -0.15) is 13.2 Å². The van der Waals surface area contributed by atoms with Gasteiger partial charge < -0.3 is 11.1 Å². The lowest BCUT2D eigenvalue weighted by molar-refractivity contribution is -0.187. The summed E-state index contributed by atoms with van der Waals surface area (Å²) in [6.45, 7) is 0.206. The van der Waals surface area contributed by atoms with Gasteiger partial charge in [-0.1, -0.05) is 18.2 Å². The number of hydrogen-bond donors (Lipinski definition) is 2. The fourth-order valence-corrected chi connectivity index (χ4v) is 1.13. The van der Waals surface area contributed by atoms with Crippen LogP contribution in [0.25, 0.3) is 0 Å². The van der Waals surface area contributed by atoms with Crippen LogP contribution in [0.5, 0.6) is 0 Å². The number of nitrogens with one attached hydrogen (secondary N) is 1. The number of nitrogens with two attached hydrogens (primary N) is 1. The Balaban J connectivity index is 2.71. The van der Waals surface area contributed by atoms with Crippen LogP contribution in [-0.2, 0) is 11.3 Å². The van der Waals surface area contributed by atoms with Crippen LogP contribution in [0.4, 0.5) is 17.6 Å². The maximum absolute atomic E-state index is 13.2. The third-order valence-electron chi connectivity index (χ3n) is 2.46. The highest BCUT2D eigenvalue weighted by Crippen LogP contribution is 2.28. The number of alkyl halides is 3. The first-order valence-electron chi connectivity index (χ1n) is 5.03. The average molecular weight is 264 g/mol. The second-order valence-corrected chi connectivity index (χ2v) is 3.97. The van der Waals surface area contributed by atoms with E-state index < -0.39 is 23.4 Å². The van der Waals surface area contributed by atoms with Crippen molar-refractivity contribution in [2.75, 3.05) is 0 Å². The van der Waals surface area contributed by atoms with Crippen LogP contribution in [0.2, 0.25) is 0 Å². The third-order valence-corrected chi connectivity index (χ3v) is 2.46. The predicted molar refractivity (Wildman–Crippen MR) is 56.9 cm³/mol. The number of benzene rings is 1. The molecule has 0 aromatic heterocycles. The zero-order valence-electron chi connectivity index (χ0n) is 9.51. The summed E-state index contributed by atoms with van der Waals surface area (Å²) in [6.07, 6.45) is -4.87. The van der Waals surface area contributed by atoms with Crippen LogP contribution in [0.1, 0.15) is 12.5 Å². The van der Waals surface area contributed by atoms with E-state index in [-0.39, 0.29) is 12.1 Å². The summed E-state index contributed by atoms with van der Waals surface area (Å²) >= 11 is 0. The molecule has 0 radical (unpaired) electrons. The highest BCUT2D eigenvalue weighted by molar-refractivity contribution is 5.86. The van der Waals surface area contributed by atoms with Gasteiger partial charge in [0.2, 0.25) is 5.91 Å². The molecule has 18 heavy (non-hydrogen) atoms. The molecule has 0 bridgehead atoms. The Morgan fingerprint density at radius 3 is 2.39 bits per heavy atom. The van der Waals surface area contributed by atoms with Crippen LogP contribution in [-0.4, -0.2) is 17.6 Å². The predicted octanol–water partition coefficient (Wildman–Crippen LogP) is 1.72. The van der Waals surface area contributed by atoms with E-state index in [0.29, 0.717) is 6.92 Å². The Labute approximate surface area is 101 Å². The van der Waals surface area contributed by atoms with E-state index in [9.17, 15) is 22.4 Å². The highest BCUT2D eigenvalue weighted by atomic mass is 19.4. The second-order valence-electron chi connectivity index (χ2n) is 3.97. The van der Waals surface area contributed by atoms with Gasteiger partial charge in [0.1, 0.15) is 5.82 Å². The Morgan fingerprint density at radius 1 is 1.33 bits per heavy atom. The van der Waals surface area contributed by atoms with E-state index in [4.69, 9.17) is 5.73 Å².